The molecule has 4 rings (SSSR count). The van der Waals surface area contributed by atoms with E-state index in [1.165, 1.54) is 6.07 Å². The Bertz CT molecular complexity index is 1160. The Labute approximate surface area is 162 Å². The Hall–Kier alpha value is -3.54. The fourth-order valence-corrected chi connectivity index (χ4v) is 3.18. The normalized spacial score (nSPS) is 10.9. The van der Waals surface area contributed by atoms with Crippen LogP contribution in [0.2, 0.25) is 0 Å². The summed E-state index contributed by atoms with van der Waals surface area (Å²) >= 11 is 0. The molecule has 4 aromatic rings. The van der Waals surface area contributed by atoms with Crippen LogP contribution < -0.4 is 10.1 Å². The monoisotopic (exact) mass is 374 g/mol. The number of benzene rings is 2. The number of rotatable bonds is 4. The average Bonchev–Trinajstić information content (AvgIpc) is 2.72. The van der Waals surface area contributed by atoms with E-state index in [9.17, 15) is 4.39 Å². The molecule has 2 aromatic carbocycles. The SMILES string of the molecule is CNc1nc(-c2cccnc2)nc2c(OC)cc(-c3ccc(C)cc3F)cc12. The van der Waals surface area contributed by atoms with E-state index in [-0.39, 0.29) is 5.82 Å². The predicted octanol–water partition coefficient (Wildman–Crippen LogP) is 4.86. The lowest BCUT2D eigenvalue weighted by Crippen LogP contribution is -2.01. The van der Waals surface area contributed by atoms with Gasteiger partial charge in [-0.15, -0.1) is 0 Å². The maximum Gasteiger partial charge on any atom is 0.163 e. The molecule has 0 radical (unpaired) electrons. The van der Waals surface area contributed by atoms with Gasteiger partial charge in [0, 0.05) is 36.0 Å². The van der Waals surface area contributed by atoms with Gasteiger partial charge in [0.25, 0.3) is 0 Å². The van der Waals surface area contributed by atoms with Crippen molar-refractivity contribution in [3.05, 3.63) is 66.2 Å². The summed E-state index contributed by atoms with van der Waals surface area (Å²) in [5, 5.41) is 3.87. The van der Waals surface area contributed by atoms with Crippen molar-refractivity contribution in [3.8, 4) is 28.3 Å². The molecular weight excluding hydrogens is 355 g/mol. The molecule has 0 fully saturated rings. The van der Waals surface area contributed by atoms with Crippen LogP contribution in [0.4, 0.5) is 10.2 Å². The van der Waals surface area contributed by atoms with Gasteiger partial charge in [0.2, 0.25) is 0 Å². The van der Waals surface area contributed by atoms with Crippen molar-refractivity contribution in [1.29, 1.82) is 0 Å². The van der Waals surface area contributed by atoms with Crippen LogP contribution >= 0.6 is 0 Å². The first-order valence-corrected chi connectivity index (χ1v) is 8.85. The topological polar surface area (TPSA) is 59.9 Å². The molecule has 0 saturated heterocycles. The second-order valence-corrected chi connectivity index (χ2v) is 6.45. The van der Waals surface area contributed by atoms with E-state index in [0.717, 1.165) is 16.5 Å². The highest BCUT2D eigenvalue weighted by atomic mass is 19.1. The first kappa shape index (κ1) is 17.9. The zero-order valence-corrected chi connectivity index (χ0v) is 15.8. The van der Waals surface area contributed by atoms with E-state index in [4.69, 9.17) is 4.74 Å². The Kier molecular flexibility index (Phi) is 4.61. The van der Waals surface area contributed by atoms with Crippen LogP contribution in [0.5, 0.6) is 5.75 Å². The minimum absolute atomic E-state index is 0.277. The van der Waals surface area contributed by atoms with Gasteiger partial charge in [-0.3, -0.25) is 4.98 Å². The van der Waals surface area contributed by atoms with E-state index in [1.807, 2.05) is 31.2 Å². The number of aryl methyl sites for hydroxylation is 1. The number of hydrogen-bond donors (Lipinski definition) is 1. The van der Waals surface area contributed by atoms with Gasteiger partial charge in [0.1, 0.15) is 22.9 Å². The van der Waals surface area contributed by atoms with Crippen LogP contribution in [0.3, 0.4) is 0 Å². The van der Waals surface area contributed by atoms with E-state index < -0.39 is 0 Å². The molecule has 140 valence electrons. The molecule has 0 aliphatic carbocycles. The van der Waals surface area contributed by atoms with Crippen LogP contribution in [-0.4, -0.2) is 29.1 Å². The van der Waals surface area contributed by atoms with E-state index in [2.05, 4.69) is 20.3 Å². The van der Waals surface area contributed by atoms with E-state index in [1.54, 1.807) is 38.7 Å². The fraction of sp³-hybridized carbons (Fsp3) is 0.136. The van der Waals surface area contributed by atoms with Gasteiger partial charge in [-0.2, -0.15) is 0 Å². The van der Waals surface area contributed by atoms with Gasteiger partial charge in [0.05, 0.1) is 7.11 Å². The van der Waals surface area contributed by atoms with Crippen molar-refractivity contribution in [3.63, 3.8) is 0 Å². The maximum absolute atomic E-state index is 14.5. The van der Waals surface area contributed by atoms with Crippen molar-refractivity contribution in [2.75, 3.05) is 19.5 Å². The maximum atomic E-state index is 14.5. The fourth-order valence-electron chi connectivity index (χ4n) is 3.18. The number of halogens is 1. The van der Waals surface area contributed by atoms with Gasteiger partial charge in [-0.25, -0.2) is 14.4 Å². The number of methoxy groups -OCH3 is 1. The second-order valence-electron chi connectivity index (χ2n) is 6.45. The summed E-state index contributed by atoms with van der Waals surface area (Å²) in [5.41, 5.74) is 3.53. The van der Waals surface area contributed by atoms with E-state index in [0.29, 0.717) is 34.0 Å². The molecule has 0 aliphatic heterocycles. The summed E-state index contributed by atoms with van der Waals surface area (Å²) in [6.07, 6.45) is 3.41. The lowest BCUT2D eigenvalue weighted by molar-refractivity contribution is 0.419. The molecule has 5 nitrogen and oxygen atoms in total. The molecule has 0 atom stereocenters. The molecule has 0 spiro atoms. The molecule has 6 heteroatoms. The van der Waals surface area contributed by atoms with Crippen LogP contribution in [0.15, 0.2) is 54.9 Å². The summed E-state index contributed by atoms with van der Waals surface area (Å²) < 4.78 is 20.1. The molecule has 2 aromatic heterocycles. The van der Waals surface area contributed by atoms with Crippen LogP contribution in [-0.2, 0) is 0 Å². The summed E-state index contributed by atoms with van der Waals surface area (Å²) in [5.74, 6) is 1.45. The smallest absolute Gasteiger partial charge is 0.163 e. The van der Waals surface area contributed by atoms with Crippen molar-refractivity contribution >= 4 is 16.7 Å². The third kappa shape index (κ3) is 3.13. The van der Waals surface area contributed by atoms with Crippen LogP contribution in [0, 0.1) is 12.7 Å². The zero-order valence-electron chi connectivity index (χ0n) is 15.8. The van der Waals surface area contributed by atoms with Crippen molar-refractivity contribution in [2.45, 2.75) is 6.92 Å². The average molecular weight is 374 g/mol. The minimum Gasteiger partial charge on any atom is -0.494 e. The largest absolute Gasteiger partial charge is 0.494 e. The van der Waals surface area contributed by atoms with Crippen molar-refractivity contribution in [1.82, 2.24) is 15.0 Å². The Balaban J connectivity index is 1.98. The first-order valence-electron chi connectivity index (χ1n) is 8.85. The number of nitrogens with one attached hydrogen (secondary N) is 1. The number of hydrogen-bond acceptors (Lipinski definition) is 5. The lowest BCUT2D eigenvalue weighted by atomic mass is 10.0. The number of ether oxygens (including phenoxy) is 1. The second kappa shape index (κ2) is 7.23. The molecule has 1 N–H and O–H groups in total. The molecule has 0 saturated carbocycles. The van der Waals surface area contributed by atoms with Crippen molar-refractivity contribution in [2.24, 2.45) is 0 Å². The van der Waals surface area contributed by atoms with Crippen LogP contribution in [0.1, 0.15) is 5.56 Å². The highest BCUT2D eigenvalue weighted by Gasteiger charge is 2.16. The van der Waals surface area contributed by atoms with Gasteiger partial charge >= 0.3 is 0 Å². The third-order valence-corrected chi connectivity index (χ3v) is 4.58. The number of pyridine rings is 1. The summed E-state index contributed by atoms with van der Waals surface area (Å²) in [7, 11) is 3.37. The zero-order chi connectivity index (χ0) is 19.7. The molecule has 0 unspecified atom stereocenters. The molecule has 0 bridgehead atoms. The number of nitrogens with zero attached hydrogens (tertiary/aromatic N) is 3. The van der Waals surface area contributed by atoms with Crippen molar-refractivity contribution < 1.29 is 9.13 Å². The summed E-state index contributed by atoms with van der Waals surface area (Å²) in [6, 6.07) is 12.6. The lowest BCUT2D eigenvalue weighted by Gasteiger charge is -2.14. The Morgan fingerprint density at radius 1 is 1.04 bits per heavy atom. The number of aromatic nitrogens is 3. The standard InChI is InChI=1S/C22H19FN4O/c1-13-6-7-16(18(23)9-13)15-10-17-20(19(11-15)28-3)26-21(27-22(17)24-2)14-5-4-8-25-12-14/h4-12H,1-3H3,(H,24,26,27). The minimum atomic E-state index is -0.277. The first-order chi connectivity index (χ1) is 13.6. The Morgan fingerprint density at radius 2 is 1.89 bits per heavy atom. The molecular formula is C22H19FN4O. The highest BCUT2D eigenvalue weighted by Crippen LogP contribution is 2.36. The number of anilines is 1. The summed E-state index contributed by atoms with van der Waals surface area (Å²) in [4.78, 5) is 13.4. The third-order valence-electron chi connectivity index (χ3n) is 4.58. The Morgan fingerprint density at radius 3 is 2.57 bits per heavy atom. The van der Waals surface area contributed by atoms with Gasteiger partial charge < -0.3 is 10.1 Å². The van der Waals surface area contributed by atoms with Gasteiger partial charge in [-0.1, -0.05) is 12.1 Å². The van der Waals surface area contributed by atoms with Crippen LogP contribution in [0.25, 0.3) is 33.4 Å². The summed E-state index contributed by atoms with van der Waals surface area (Å²) in [6.45, 7) is 1.86. The van der Waals surface area contributed by atoms with E-state index >= 15 is 0 Å². The highest BCUT2D eigenvalue weighted by molar-refractivity contribution is 5.97. The number of fused-ring (bicyclic) bond motifs is 1. The quantitative estimate of drug-likeness (QED) is 0.553. The molecule has 0 aliphatic rings. The molecule has 28 heavy (non-hydrogen) atoms. The predicted molar refractivity (Wildman–Crippen MR) is 109 cm³/mol. The molecule has 2 heterocycles. The van der Waals surface area contributed by atoms with Gasteiger partial charge in [0.15, 0.2) is 5.82 Å². The van der Waals surface area contributed by atoms with Gasteiger partial charge in [-0.05, 0) is 48.4 Å². The molecule has 0 amide bonds.